The Morgan fingerprint density at radius 2 is 2.04 bits per heavy atom. The zero-order valence-corrected chi connectivity index (χ0v) is 15.2. The molecule has 0 heterocycles. The molecule has 0 bridgehead atoms. The highest BCUT2D eigenvalue weighted by molar-refractivity contribution is 8.00. The summed E-state index contributed by atoms with van der Waals surface area (Å²) in [4.78, 5) is 12.7. The van der Waals surface area contributed by atoms with Gasteiger partial charge in [0.15, 0.2) is 0 Å². The lowest BCUT2D eigenvalue weighted by Crippen LogP contribution is -2.15. The number of rotatable bonds is 9. The summed E-state index contributed by atoms with van der Waals surface area (Å²) >= 11 is 1.15. The number of nitrogens with one attached hydrogen (secondary N) is 1. The van der Waals surface area contributed by atoms with E-state index in [1.807, 2.05) is 0 Å². The fourth-order valence-corrected chi connectivity index (χ4v) is 2.82. The number of unbranched alkanes of at least 4 members (excludes halogenated alkanes) is 1. The van der Waals surface area contributed by atoms with Crippen molar-refractivity contribution in [3.8, 4) is 11.5 Å². The number of amides is 1. The number of ether oxygens (including phenoxy) is 2. The molecular formula is C19H22FNO3S. The van der Waals surface area contributed by atoms with E-state index in [-0.39, 0.29) is 17.5 Å². The van der Waals surface area contributed by atoms with Crippen LogP contribution in [0.4, 0.5) is 10.1 Å². The Balaban J connectivity index is 2.01. The summed E-state index contributed by atoms with van der Waals surface area (Å²) in [7, 11) is 1.56. The number of carbonyl (C=O) groups is 1. The van der Waals surface area contributed by atoms with Gasteiger partial charge in [-0.3, -0.25) is 4.79 Å². The van der Waals surface area contributed by atoms with Gasteiger partial charge in [-0.15, -0.1) is 11.8 Å². The molecule has 2 aromatic carbocycles. The predicted molar refractivity (Wildman–Crippen MR) is 99.2 cm³/mol. The minimum Gasteiger partial charge on any atom is -0.497 e. The first-order chi connectivity index (χ1) is 12.1. The van der Waals surface area contributed by atoms with Gasteiger partial charge < -0.3 is 14.8 Å². The van der Waals surface area contributed by atoms with Crippen LogP contribution in [0.1, 0.15) is 19.8 Å². The van der Waals surface area contributed by atoms with Crippen LogP contribution in [0.15, 0.2) is 47.4 Å². The maximum Gasteiger partial charge on any atom is 0.234 e. The Morgan fingerprint density at radius 1 is 1.24 bits per heavy atom. The van der Waals surface area contributed by atoms with Gasteiger partial charge in [0.2, 0.25) is 5.91 Å². The first-order valence-electron chi connectivity index (χ1n) is 8.12. The van der Waals surface area contributed by atoms with Gasteiger partial charge in [-0.2, -0.15) is 0 Å². The number of hydrogen-bond acceptors (Lipinski definition) is 4. The Hall–Kier alpha value is -2.21. The Labute approximate surface area is 151 Å². The molecule has 0 aliphatic heterocycles. The van der Waals surface area contributed by atoms with Crippen molar-refractivity contribution in [2.45, 2.75) is 24.7 Å². The van der Waals surface area contributed by atoms with Crippen LogP contribution < -0.4 is 14.8 Å². The number of anilines is 1. The first-order valence-corrected chi connectivity index (χ1v) is 9.10. The molecular weight excluding hydrogens is 341 g/mol. The van der Waals surface area contributed by atoms with Crippen molar-refractivity contribution in [1.29, 1.82) is 0 Å². The molecule has 25 heavy (non-hydrogen) atoms. The van der Waals surface area contributed by atoms with Gasteiger partial charge in [0.25, 0.3) is 0 Å². The highest BCUT2D eigenvalue weighted by Gasteiger charge is 2.11. The number of halogens is 1. The van der Waals surface area contributed by atoms with Gasteiger partial charge in [-0.05, 0) is 30.7 Å². The van der Waals surface area contributed by atoms with Crippen LogP contribution in [-0.4, -0.2) is 25.4 Å². The smallest absolute Gasteiger partial charge is 0.234 e. The monoisotopic (exact) mass is 363 g/mol. The van der Waals surface area contributed by atoms with E-state index in [4.69, 9.17) is 9.47 Å². The van der Waals surface area contributed by atoms with Crippen molar-refractivity contribution < 1.29 is 18.7 Å². The molecule has 0 aromatic heterocycles. The standard InChI is InChI=1S/C19H22FNO3S/c1-3-4-11-24-17-10-9-14(23-2)12-16(17)21-19(22)13-25-18-8-6-5-7-15(18)20/h5-10,12H,3-4,11,13H2,1-2H3,(H,21,22). The molecule has 2 aromatic rings. The van der Waals surface area contributed by atoms with E-state index in [9.17, 15) is 9.18 Å². The fraction of sp³-hybridized carbons (Fsp3) is 0.316. The summed E-state index contributed by atoms with van der Waals surface area (Å²) in [6.45, 7) is 2.66. The number of carbonyl (C=O) groups excluding carboxylic acids is 1. The van der Waals surface area contributed by atoms with Crippen molar-refractivity contribution in [3.63, 3.8) is 0 Å². The lowest BCUT2D eigenvalue weighted by molar-refractivity contribution is -0.113. The van der Waals surface area contributed by atoms with Crippen molar-refractivity contribution in [2.24, 2.45) is 0 Å². The van der Waals surface area contributed by atoms with Crippen LogP contribution in [0.5, 0.6) is 11.5 Å². The van der Waals surface area contributed by atoms with Crippen LogP contribution in [0.2, 0.25) is 0 Å². The number of hydrogen-bond donors (Lipinski definition) is 1. The van der Waals surface area contributed by atoms with Gasteiger partial charge in [0.05, 0.1) is 25.2 Å². The van der Waals surface area contributed by atoms with Crippen LogP contribution >= 0.6 is 11.8 Å². The van der Waals surface area contributed by atoms with Gasteiger partial charge >= 0.3 is 0 Å². The maximum atomic E-state index is 13.6. The van der Waals surface area contributed by atoms with E-state index in [2.05, 4.69) is 12.2 Å². The molecule has 1 amide bonds. The lowest BCUT2D eigenvalue weighted by atomic mass is 10.2. The predicted octanol–water partition coefficient (Wildman–Crippen LogP) is 4.74. The molecule has 0 spiro atoms. The summed E-state index contributed by atoms with van der Waals surface area (Å²) in [5, 5.41) is 2.81. The lowest BCUT2D eigenvalue weighted by Gasteiger charge is -2.14. The van der Waals surface area contributed by atoms with Crippen LogP contribution in [0.25, 0.3) is 0 Å². The molecule has 134 valence electrons. The zero-order valence-electron chi connectivity index (χ0n) is 14.4. The molecule has 0 aliphatic carbocycles. The van der Waals surface area contributed by atoms with E-state index in [0.29, 0.717) is 28.7 Å². The second kappa shape index (κ2) is 9.93. The minimum atomic E-state index is -0.328. The summed E-state index contributed by atoms with van der Waals surface area (Å²) in [6.07, 6.45) is 1.96. The molecule has 0 fully saturated rings. The summed E-state index contributed by atoms with van der Waals surface area (Å²) in [5.74, 6) is 0.762. The largest absolute Gasteiger partial charge is 0.497 e. The normalized spacial score (nSPS) is 10.4. The first kappa shape index (κ1) is 19.1. The highest BCUT2D eigenvalue weighted by Crippen LogP contribution is 2.30. The summed E-state index contributed by atoms with van der Waals surface area (Å²) in [6, 6.07) is 11.7. The zero-order chi connectivity index (χ0) is 18.1. The van der Waals surface area contributed by atoms with E-state index in [1.54, 1.807) is 43.5 Å². The molecule has 0 radical (unpaired) electrons. The van der Waals surface area contributed by atoms with Gasteiger partial charge in [-0.25, -0.2) is 4.39 Å². The second-order valence-corrected chi connectivity index (χ2v) is 6.35. The van der Waals surface area contributed by atoms with E-state index in [0.717, 1.165) is 24.6 Å². The molecule has 0 saturated heterocycles. The Kier molecular flexibility index (Phi) is 7.60. The minimum absolute atomic E-state index is 0.104. The van der Waals surface area contributed by atoms with Gasteiger partial charge in [0.1, 0.15) is 17.3 Å². The average molecular weight is 363 g/mol. The molecule has 0 saturated carbocycles. The third-order valence-corrected chi connectivity index (χ3v) is 4.46. The third-order valence-electron chi connectivity index (χ3n) is 3.41. The van der Waals surface area contributed by atoms with Crippen LogP contribution in [0, 0.1) is 5.82 Å². The number of methoxy groups -OCH3 is 1. The van der Waals surface area contributed by atoms with Crippen molar-refractivity contribution >= 4 is 23.4 Å². The molecule has 0 atom stereocenters. The van der Waals surface area contributed by atoms with Gasteiger partial charge in [-0.1, -0.05) is 25.5 Å². The SMILES string of the molecule is CCCCOc1ccc(OC)cc1NC(=O)CSc1ccccc1F. The van der Waals surface area contributed by atoms with Crippen LogP contribution in [-0.2, 0) is 4.79 Å². The summed E-state index contributed by atoms with van der Waals surface area (Å²) in [5.41, 5.74) is 0.551. The third kappa shape index (κ3) is 5.98. The van der Waals surface area contributed by atoms with Gasteiger partial charge in [0, 0.05) is 11.0 Å². The number of benzene rings is 2. The summed E-state index contributed by atoms with van der Waals surface area (Å²) < 4.78 is 24.5. The van der Waals surface area contributed by atoms with E-state index < -0.39 is 0 Å². The van der Waals surface area contributed by atoms with Crippen LogP contribution in [0.3, 0.4) is 0 Å². The molecule has 0 unspecified atom stereocenters. The molecule has 2 rings (SSSR count). The van der Waals surface area contributed by atoms with Crippen molar-refractivity contribution in [2.75, 3.05) is 24.8 Å². The van der Waals surface area contributed by atoms with E-state index >= 15 is 0 Å². The maximum absolute atomic E-state index is 13.6. The average Bonchev–Trinajstić information content (AvgIpc) is 2.62. The molecule has 4 nitrogen and oxygen atoms in total. The highest BCUT2D eigenvalue weighted by atomic mass is 32.2. The fourth-order valence-electron chi connectivity index (χ4n) is 2.08. The quantitative estimate of drug-likeness (QED) is 0.516. The topological polar surface area (TPSA) is 47.6 Å². The molecule has 1 N–H and O–H groups in total. The molecule has 0 aliphatic rings. The number of thioether (sulfide) groups is 1. The van der Waals surface area contributed by atoms with E-state index in [1.165, 1.54) is 6.07 Å². The Bertz CT molecular complexity index is 709. The van der Waals surface area contributed by atoms with Crippen molar-refractivity contribution in [1.82, 2.24) is 0 Å². The second-order valence-electron chi connectivity index (χ2n) is 5.33. The van der Waals surface area contributed by atoms with Crippen molar-refractivity contribution in [3.05, 3.63) is 48.3 Å². The molecule has 6 heteroatoms. The Morgan fingerprint density at radius 3 is 2.76 bits per heavy atom.